The van der Waals surface area contributed by atoms with Crippen molar-refractivity contribution < 1.29 is 8.78 Å². The first-order chi connectivity index (χ1) is 15.0. The Morgan fingerprint density at radius 3 is 2.55 bits per heavy atom. The Morgan fingerprint density at radius 2 is 1.87 bits per heavy atom. The molecule has 3 heterocycles. The number of aromatic amines is 1. The normalized spacial score (nSPS) is 16.7. The number of fused-ring (bicyclic) bond motifs is 1. The Bertz CT molecular complexity index is 1310. The Hall–Kier alpha value is -2.68. The van der Waals surface area contributed by atoms with Crippen LogP contribution in [0.2, 0.25) is 5.02 Å². The summed E-state index contributed by atoms with van der Waals surface area (Å²) in [4.78, 5) is 15.3. The predicted octanol–water partition coefficient (Wildman–Crippen LogP) is 4.69. The maximum absolute atomic E-state index is 14.5. The number of rotatable bonds is 3. The van der Waals surface area contributed by atoms with Crippen LogP contribution in [0.1, 0.15) is 10.8 Å². The van der Waals surface area contributed by atoms with Crippen LogP contribution in [0.3, 0.4) is 0 Å². The minimum Gasteiger partial charge on any atom is -0.327 e. The van der Waals surface area contributed by atoms with Gasteiger partial charge in [0.05, 0.1) is 10.4 Å². The maximum atomic E-state index is 14.5. The van der Waals surface area contributed by atoms with E-state index in [1.165, 1.54) is 12.3 Å². The fourth-order valence-corrected chi connectivity index (χ4v) is 5.17. The molecule has 0 spiro atoms. The molecule has 1 fully saturated rings. The van der Waals surface area contributed by atoms with E-state index in [9.17, 15) is 13.6 Å². The molecule has 158 valence electrons. The Morgan fingerprint density at radius 1 is 1.13 bits per heavy atom. The van der Waals surface area contributed by atoms with E-state index in [0.717, 1.165) is 41.2 Å². The largest absolute Gasteiger partial charge is 0.327 e. The summed E-state index contributed by atoms with van der Waals surface area (Å²) in [5, 5.41) is 8.48. The summed E-state index contributed by atoms with van der Waals surface area (Å²) in [5.74, 6) is -0.558. The molecule has 0 aliphatic carbocycles. The van der Waals surface area contributed by atoms with E-state index < -0.39 is 17.2 Å². The van der Waals surface area contributed by atoms with Crippen LogP contribution in [0.5, 0.6) is 0 Å². The number of aromatic nitrogens is 3. The van der Waals surface area contributed by atoms with E-state index in [1.54, 1.807) is 0 Å². The molecule has 9 heteroatoms. The molecule has 1 saturated heterocycles. The number of H-pyrrole nitrogens is 1. The predicted molar refractivity (Wildman–Crippen MR) is 120 cm³/mol. The molecule has 2 aromatic heterocycles. The van der Waals surface area contributed by atoms with Crippen LogP contribution in [0.4, 0.5) is 8.78 Å². The van der Waals surface area contributed by atoms with E-state index in [0.29, 0.717) is 16.5 Å². The fraction of sp³-hybridized carbons (Fsp3) is 0.182. The van der Waals surface area contributed by atoms with Crippen molar-refractivity contribution in [3.8, 4) is 16.9 Å². The summed E-state index contributed by atoms with van der Waals surface area (Å²) < 4.78 is 30.1. The average Bonchev–Trinajstić information content (AvgIpc) is 3.18. The van der Waals surface area contributed by atoms with Gasteiger partial charge in [-0.25, -0.2) is 13.5 Å². The average molecular weight is 459 g/mol. The summed E-state index contributed by atoms with van der Waals surface area (Å²) in [6.45, 7) is 1.89. The van der Waals surface area contributed by atoms with Crippen molar-refractivity contribution in [1.29, 1.82) is 0 Å². The maximum Gasteiger partial charge on any atom is 0.259 e. The zero-order valence-corrected chi connectivity index (χ0v) is 17.7. The number of benzene rings is 2. The molecular formula is C22H17ClF2N4OS. The number of halogens is 3. The Balaban J connectivity index is 1.70. The summed E-state index contributed by atoms with van der Waals surface area (Å²) in [5.41, 5.74) is 1.46. The Kier molecular flexibility index (Phi) is 5.29. The van der Waals surface area contributed by atoms with Crippen LogP contribution >= 0.6 is 23.4 Å². The molecule has 5 nitrogen and oxygen atoms in total. The minimum absolute atomic E-state index is 0.136. The van der Waals surface area contributed by atoms with Crippen LogP contribution in [0, 0.1) is 11.6 Å². The zero-order chi connectivity index (χ0) is 21.5. The van der Waals surface area contributed by atoms with Gasteiger partial charge in [0.15, 0.2) is 11.6 Å². The molecular weight excluding hydrogens is 442 g/mol. The van der Waals surface area contributed by atoms with Crippen LogP contribution in [-0.2, 0) is 0 Å². The highest BCUT2D eigenvalue weighted by Gasteiger charge is 2.23. The second-order valence-corrected chi connectivity index (χ2v) is 8.92. The third kappa shape index (κ3) is 3.54. The van der Waals surface area contributed by atoms with E-state index in [2.05, 4.69) is 15.4 Å². The monoisotopic (exact) mass is 458 g/mol. The third-order valence-corrected chi connectivity index (χ3v) is 6.87. The summed E-state index contributed by atoms with van der Waals surface area (Å²) >= 11 is 8.22. The fourth-order valence-electron chi connectivity index (χ4n) is 3.81. The van der Waals surface area contributed by atoms with Gasteiger partial charge in [0.2, 0.25) is 0 Å². The second kappa shape index (κ2) is 8.11. The standard InChI is InChI=1S/C22H17ClF2N4OS/c23-14-10-27-22(30)18-19(13-6-4-12(5-7-13)17-11-26-8-9-31-17)28-29(20(14)18)21-15(24)2-1-3-16(21)25/h1-7,10,17,26H,8-9,11H2,(H,27,30). The zero-order valence-electron chi connectivity index (χ0n) is 16.2. The lowest BCUT2D eigenvalue weighted by atomic mass is 10.0. The van der Waals surface area contributed by atoms with Crippen molar-refractivity contribution in [2.24, 2.45) is 0 Å². The number of thioether (sulfide) groups is 1. The first kappa shape index (κ1) is 20.2. The minimum atomic E-state index is -0.801. The van der Waals surface area contributed by atoms with Gasteiger partial charge in [0.25, 0.3) is 5.56 Å². The van der Waals surface area contributed by atoms with Gasteiger partial charge in [0.1, 0.15) is 16.9 Å². The molecule has 1 aliphatic heterocycles. The lowest BCUT2D eigenvalue weighted by molar-refractivity contribution is 0.563. The second-order valence-electron chi connectivity index (χ2n) is 7.21. The SMILES string of the molecule is O=c1[nH]cc(Cl)c2c1c(-c1ccc(C3CNCCS3)cc1)nn2-c1c(F)cccc1F. The van der Waals surface area contributed by atoms with Gasteiger partial charge in [-0.05, 0) is 17.7 Å². The van der Waals surface area contributed by atoms with Gasteiger partial charge < -0.3 is 10.3 Å². The topological polar surface area (TPSA) is 62.7 Å². The Labute approximate surface area is 185 Å². The van der Waals surface area contributed by atoms with Crippen molar-refractivity contribution >= 4 is 34.3 Å². The molecule has 5 rings (SSSR count). The van der Waals surface area contributed by atoms with Crippen LogP contribution in [0.25, 0.3) is 27.8 Å². The van der Waals surface area contributed by atoms with Crippen molar-refractivity contribution in [1.82, 2.24) is 20.1 Å². The van der Waals surface area contributed by atoms with Gasteiger partial charge >= 0.3 is 0 Å². The molecule has 1 unspecified atom stereocenters. The van der Waals surface area contributed by atoms with Gasteiger partial charge in [-0.1, -0.05) is 41.9 Å². The lowest BCUT2D eigenvalue weighted by Crippen LogP contribution is -2.28. The molecule has 1 atom stereocenters. The quantitative estimate of drug-likeness (QED) is 0.467. The molecule has 0 radical (unpaired) electrons. The lowest BCUT2D eigenvalue weighted by Gasteiger charge is -2.22. The molecule has 2 aromatic carbocycles. The van der Waals surface area contributed by atoms with Gasteiger partial charge in [-0.15, -0.1) is 0 Å². The number of hydrogen-bond acceptors (Lipinski definition) is 4. The first-order valence-electron chi connectivity index (χ1n) is 9.71. The molecule has 1 aliphatic rings. The number of pyridine rings is 1. The number of nitrogens with one attached hydrogen (secondary N) is 2. The highest BCUT2D eigenvalue weighted by Crippen LogP contribution is 2.35. The van der Waals surface area contributed by atoms with Crippen LogP contribution in [0.15, 0.2) is 53.5 Å². The van der Waals surface area contributed by atoms with Gasteiger partial charge in [-0.2, -0.15) is 16.9 Å². The third-order valence-electron chi connectivity index (χ3n) is 5.30. The highest BCUT2D eigenvalue weighted by atomic mass is 35.5. The molecule has 0 bridgehead atoms. The van der Waals surface area contributed by atoms with Crippen molar-refractivity contribution in [2.75, 3.05) is 18.8 Å². The van der Waals surface area contributed by atoms with E-state index >= 15 is 0 Å². The van der Waals surface area contributed by atoms with Gasteiger partial charge in [-0.3, -0.25) is 4.79 Å². The van der Waals surface area contributed by atoms with E-state index in [4.69, 9.17) is 11.6 Å². The van der Waals surface area contributed by atoms with E-state index in [-0.39, 0.29) is 21.6 Å². The summed E-state index contributed by atoms with van der Waals surface area (Å²) in [6, 6.07) is 11.3. The summed E-state index contributed by atoms with van der Waals surface area (Å²) in [7, 11) is 0. The van der Waals surface area contributed by atoms with Crippen LogP contribution < -0.4 is 10.9 Å². The molecule has 31 heavy (non-hydrogen) atoms. The smallest absolute Gasteiger partial charge is 0.259 e. The number of para-hydroxylation sites is 1. The van der Waals surface area contributed by atoms with Gasteiger partial charge in [0, 0.05) is 35.9 Å². The summed E-state index contributed by atoms with van der Waals surface area (Å²) in [6.07, 6.45) is 1.29. The number of hydrogen-bond donors (Lipinski definition) is 2. The van der Waals surface area contributed by atoms with Crippen LogP contribution in [-0.4, -0.2) is 33.6 Å². The molecule has 2 N–H and O–H groups in total. The molecule has 0 amide bonds. The molecule has 0 saturated carbocycles. The number of nitrogens with zero attached hydrogens (tertiary/aromatic N) is 2. The molecule has 4 aromatic rings. The van der Waals surface area contributed by atoms with Crippen molar-refractivity contribution in [3.63, 3.8) is 0 Å². The first-order valence-corrected chi connectivity index (χ1v) is 11.1. The highest BCUT2D eigenvalue weighted by molar-refractivity contribution is 7.99. The van der Waals surface area contributed by atoms with E-state index in [1.807, 2.05) is 36.0 Å². The van der Waals surface area contributed by atoms with Crippen molar-refractivity contribution in [2.45, 2.75) is 5.25 Å². The van der Waals surface area contributed by atoms with Crippen molar-refractivity contribution in [3.05, 3.63) is 81.2 Å².